The van der Waals surface area contributed by atoms with E-state index in [9.17, 15) is 4.79 Å². The summed E-state index contributed by atoms with van der Waals surface area (Å²) >= 11 is 6.27. The highest BCUT2D eigenvalue weighted by molar-refractivity contribution is 6.31. The number of amides is 1. The van der Waals surface area contributed by atoms with Gasteiger partial charge in [0.15, 0.2) is 0 Å². The lowest BCUT2D eigenvalue weighted by Crippen LogP contribution is -2.27. The molecule has 6 nitrogen and oxygen atoms in total. The quantitative estimate of drug-likeness (QED) is 0.511. The van der Waals surface area contributed by atoms with Crippen LogP contribution >= 0.6 is 11.6 Å². The van der Waals surface area contributed by atoms with Crippen molar-refractivity contribution in [3.8, 4) is 5.69 Å². The molecule has 0 bridgehead atoms. The zero-order valence-electron chi connectivity index (χ0n) is 17.3. The molecule has 0 saturated carbocycles. The van der Waals surface area contributed by atoms with Crippen molar-refractivity contribution < 1.29 is 4.79 Å². The smallest absolute Gasteiger partial charge is 0.224 e. The van der Waals surface area contributed by atoms with Gasteiger partial charge in [0.25, 0.3) is 0 Å². The van der Waals surface area contributed by atoms with Crippen molar-refractivity contribution in [3.05, 3.63) is 82.0 Å². The third-order valence-electron chi connectivity index (χ3n) is 5.30. The van der Waals surface area contributed by atoms with E-state index in [0.29, 0.717) is 24.4 Å². The molecular weight excluding hydrogens is 398 g/mol. The number of hydrogen-bond acceptors (Lipinski definition) is 3. The molecule has 4 rings (SSSR count). The van der Waals surface area contributed by atoms with Gasteiger partial charge in [-0.05, 0) is 50.6 Å². The number of fused-ring (bicyclic) bond motifs is 1. The summed E-state index contributed by atoms with van der Waals surface area (Å²) < 4.78 is 3.83. The second-order valence-corrected chi connectivity index (χ2v) is 7.88. The Morgan fingerprint density at radius 1 is 1.17 bits per heavy atom. The van der Waals surface area contributed by atoms with E-state index >= 15 is 0 Å². The molecule has 0 saturated heterocycles. The Kier molecular flexibility index (Phi) is 5.59. The summed E-state index contributed by atoms with van der Waals surface area (Å²) in [7, 11) is 0. The number of nitrogens with one attached hydrogen (secondary N) is 1. The van der Waals surface area contributed by atoms with Gasteiger partial charge in [0, 0.05) is 41.6 Å². The number of carbonyl (C=O) groups is 1. The summed E-state index contributed by atoms with van der Waals surface area (Å²) in [5.74, 6) is -0.0218. The first-order valence-corrected chi connectivity index (χ1v) is 10.3. The van der Waals surface area contributed by atoms with Crippen LogP contribution in [0.15, 0.2) is 48.8 Å². The van der Waals surface area contributed by atoms with Crippen LogP contribution in [0.1, 0.15) is 28.2 Å². The Hall–Kier alpha value is -3.12. The first-order chi connectivity index (χ1) is 14.4. The highest BCUT2D eigenvalue weighted by atomic mass is 35.5. The van der Waals surface area contributed by atoms with Crippen molar-refractivity contribution in [1.29, 1.82) is 0 Å². The maximum atomic E-state index is 12.5. The normalized spacial score (nSPS) is 11.2. The van der Waals surface area contributed by atoms with E-state index < -0.39 is 0 Å². The molecule has 3 aromatic heterocycles. The monoisotopic (exact) mass is 421 g/mol. The number of aryl methyl sites for hydroxylation is 2. The van der Waals surface area contributed by atoms with E-state index in [1.807, 2.05) is 78.6 Å². The molecule has 0 aliphatic carbocycles. The van der Waals surface area contributed by atoms with Crippen LogP contribution in [0.4, 0.5) is 0 Å². The highest BCUT2D eigenvalue weighted by Gasteiger charge is 2.16. The van der Waals surface area contributed by atoms with E-state index in [1.165, 1.54) is 0 Å². The lowest BCUT2D eigenvalue weighted by molar-refractivity contribution is -0.120. The molecule has 0 aliphatic rings. The molecule has 3 heterocycles. The molecule has 7 heteroatoms. The minimum atomic E-state index is -0.0218. The molecule has 1 N–H and O–H groups in total. The van der Waals surface area contributed by atoms with Crippen LogP contribution in [0.25, 0.3) is 11.3 Å². The van der Waals surface area contributed by atoms with Crippen LogP contribution < -0.4 is 5.32 Å². The zero-order chi connectivity index (χ0) is 21.3. The van der Waals surface area contributed by atoms with Crippen molar-refractivity contribution in [2.75, 3.05) is 6.54 Å². The zero-order valence-corrected chi connectivity index (χ0v) is 18.1. The van der Waals surface area contributed by atoms with Gasteiger partial charge < -0.3 is 9.72 Å². The van der Waals surface area contributed by atoms with Gasteiger partial charge in [0.05, 0.1) is 23.5 Å². The summed E-state index contributed by atoms with van der Waals surface area (Å²) in [5.41, 5.74) is 6.52. The molecule has 0 unspecified atom stereocenters. The SMILES string of the molecule is Cc1ccc(-n2nc(C)c(CC(=O)NCCc3cn4ccccc4n3)c2C)cc1Cl. The summed E-state index contributed by atoms with van der Waals surface area (Å²) in [6.45, 7) is 6.42. The fourth-order valence-electron chi connectivity index (χ4n) is 3.56. The number of benzene rings is 1. The maximum absolute atomic E-state index is 12.5. The van der Waals surface area contributed by atoms with Gasteiger partial charge in [-0.25, -0.2) is 9.67 Å². The van der Waals surface area contributed by atoms with Crippen LogP contribution in [-0.2, 0) is 17.6 Å². The first-order valence-electron chi connectivity index (χ1n) is 9.93. The topological polar surface area (TPSA) is 64.2 Å². The van der Waals surface area contributed by atoms with Gasteiger partial charge in [-0.1, -0.05) is 23.7 Å². The molecule has 0 radical (unpaired) electrons. The van der Waals surface area contributed by atoms with E-state index in [-0.39, 0.29) is 5.91 Å². The Labute approximate surface area is 180 Å². The van der Waals surface area contributed by atoms with E-state index in [0.717, 1.165) is 39.5 Å². The third kappa shape index (κ3) is 4.09. The number of hydrogen-bond donors (Lipinski definition) is 1. The third-order valence-corrected chi connectivity index (χ3v) is 5.70. The lowest BCUT2D eigenvalue weighted by atomic mass is 10.1. The minimum absolute atomic E-state index is 0.0218. The average molecular weight is 422 g/mol. The summed E-state index contributed by atoms with van der Waals surface area (Å²) in [6, 6.07) is 11.7. The summed E-state index contributed by atoms with van der Waals surface area (Å²) in [5, 5.41) is 8.32. The Balaban J connectivity index is 1.40. The molecule has 154 valence electrons. The van der Waals surface area contributed by atoms with Gasteiger partial charge in [0.1, 0.15) is 5.65 Å². The van der Waals surface area contributed by atoms with Crippen molar-refractivity contribution in [3.63, 3.8) is 0 Å². The van der Waals surface area contributed by atoms with Gasteiger partial charge in [-0.2, -0.15) is 5.10 Å². The van der Waals surface area contributed by atoms with E-state index in [1.54, 1.807) is 0 Å². The van der Waals surface area contributed by atoms with Crippen molar-refractivity contribution in [2.24, 2.45) is 0 Å². The molecule has 0 atom stereocenters. The predicted octanol–water partition coefficient (Wildman–Crippen LogP) is 4.00. The molecule has 4 aromatic rings. The second kappa shape index (κ2) is 8.32. The molecule has 30 heavy (non-hydrogen) atoms. The van der Waals surface area contributed by atoms with Crippen molar-refractivity contribution in [1.82, 2.24) is 24.5 Å². The molecule has 1 aromatic carbocycles. The molecular formula is C23H24ClN5O. The number of pyridine rings is 1. The number of imidazole rings is 1. The van der Waals surface area contributed by atoms with Crippen LogP contribution in [0, 0.1) is 20.8 Å². The Bertz CT molecular complexity index is 1190. The van der Waals surface area contributed by atoms with Crippen molar-refractivity contribution in [2.45, 2.75) is 33.6 Å². The lowest BCUT2D eigenvalue weighted by Gasteiger charge is -2.08. The minimum Gasteiger partial charge on any atom is -0.355 e. The van der Waals surface area contributed by atoms with Crippen LogP contribution in [0.5, 0.6) is 0 Å². The molecule has 0 aliphatic heterocycles. The van der Waals surface area contributed by atoms with Gasteiger partial charge in [-0.3, -0.25) is 4.79 Å². The van der Waals surface area contributed by atoms with Crippen LogP contribution in [0.2, 0.25) is 5.02 Å². The van der Waals surface area contributed by atoms with Gasteiger partial charge in [-0.15, -0.1) is 0 Å². The second-order valence-electron chi connectivity index (χ2n) is 7.47. The van der Waals surface area contributed by atoms with Crippen LogP contribution in [-0.4, -0.2) is 31.6 Å². The van der Waals surface area contributed by atoms with E-state index in [4.69, 9.17) is 11.6 Å². The number of nitrogens with zero attached hydrogens (tertiary/aromatic N) is 4. The van der Waals surface area contributed by atoms with Gasteiger partial charge in [0.2, 0.25) is 5.91 Å². The van der Waals surface area contributed by atoms with Crippen LogP contribution in [0.3, 0.4) is 0 Å². The summed E-state index contributed by atoms with van der Waals surface area (Å²) in [6.07, 6.45) is 4.94. The Morgan fingerprint density at radius 3 is 2.77 bits per heavy atom. The van der Waals surface area contributed by atoms with E-state index in [2.05, 4.69) is 15.4 Å². The summed E-state index contributed by atoms with van der Waals surface area (Å²) in [4.78, 5) is 17.1. The predicted molar refractivity (Wildman–Crippen MR) is 118 cm³/mol. The average Bonchev–Trinajstić information content (AvgIpc) is 3.25. The fraction of sp³-hybridized carbons (Fsp3) is 0.261. The number of carbonyl (C=O) groups excluding carboxylic acids is 1. The molecule has 0 spiro atoms. The molecule has 0 fully saturated rings. The van der Waals surface area contributed by atoms with Gasteiger partial charge >= 0.3 is 0 Å². The molecule has 1 amide bonds. The Morgan fingerprint density at radius 2 is 2.00 bits per heavy atom. The highest BCUT2D eigenvalue weighted by Crippen LogP contribution is 2.23. The largest absolute Gasteiger partial charge is 0.355 e. The number of aromatic nitrogens is 4. The standard InChI is InChI=1S/C23H24ClN5O/c1-15-7-8-19(12-21(15)24)29-17(3)20(16(2)27-29)13-23(30)25-10-9-18-14-28-11-5-4-6-22(28)26-18/h4-8,11-12,14H,9-10,13H2,1-3H3,(H,25,30). The number of halogens is 1. The van der Waals surface area contributed by atoms with Crippen molar-refractivity contribution >= 4 is 23.2 Å². The number of rotatable bonds is 6. The maximum Gasteiger partial charge on any atom is 0.224 e. The first kappa shape index (κ1) is 20.2. The fourth-order valence-corrected chi connectivity index (χ4v) is 3.73.